The average Bonchev–Trinajstić information content (AvgIpc) is 3.00. The number of rotatable bonds is 4. The molecule has 1 atom stereocenters. The van der Waals surface area contributed by atoms with Gasteiger partial charge in [-0.15, -0.1) is 0 Å². The molecule has 0 saturated heterocycles. The van der Waals surface area contributed by atoms with Gasteiger partial charge in [-0.25, -0.2) is 4.68 Å². The first-order valence-electron chi connectivity index (χ1n) is 6.78. The fraction of sp³-hybridized carbons (Fsp3) is 0.333. The minimum Gasteiger partial charge on any atom is -0.348 e. The summed E-state index contributed by atoms with van der Waals surface area (Å²) < 4.78 is 1.79. The summed E-state index contributed by atoms with van der Waals surface area (Å²) in [6, 6.07) is 9.77. The van der Waals surface area contributed by atoms with E-state index in [1.807, 2.05) is 43.5 Å². The number of carbonyl (C=O) groups is 1. The highest BCUT2D eigenvalue weighted by atomic mass is 16.2. The monoisotopic (exact) mass is 270 g/mol. The zero-order valence-corrected chi connectivity index (χ0v) is 11.4. The van der Waals surface area contributed by atoms with Crippen LogP contribution >= 0.6 is 0 Å². The van der Waals surface area contributed by atoms with Gasteiger partial charge in [0.2, 0.25) is 5.91 Å². The number of hydrogen-bond acceptors (Lipinski definition) is 3. The third kappa shape index (κ3) is 2.44. The number of aromatic nitrogens is 2. The van der Waals surface area contributed by atoms with Crippen molar-refractivity contribution < 1.29 is 4.79 Å². The van der Waals surface area contributed by atoms with Crippen molar-refractivity contribution in [3.05, 3.63) is 48.3 Å². The molecule has 1 heterocycles. The Bertz CT molecular complexity index is 617. The number of benzene rings is 1. The van der Waals surface area contributed by atoms with Gasteiger partial charge in [-0.2, -0.15) is 5.10 Å². The third-order valence-corrected chi connectivity index (χ3v) is 3.73. The van der Waals surface area contributed by atoms with E-state index in [1.54, 1.807) is 10.9 Å². The molecular formula is C15H18N4O. The molecule has 1 aromatic heterocycles. The predicted octanol–water partition coefficient (Wildman–Crippen LogP) is 1.54. The standard InChI is InChI=1S/C15H18N4O/c1-11(18-14(20)15(16)6-7-15)12-4-2-5-13(10-12)19-9-3-8-17-19/h2-5,8-11H,6-7,16H2,1H3,(H,18,20). The molecule has 0 aliphatic heterocycles. The van der Waals surface area contributed by atoms with Crippen molar-refractivity contribution in [1.29, 1.82) is 0 Å². The van der Waals surface area contributed by atoms with Crippen LogP contribution in [-0.4, -0.2) is 21.2 Å². The smallest absolute Gasteiger partial charge is 0.240 e. The van der Waals surface area contributed by atoms with Crippen molar-refractivity contribution >= 4 is 5.91 Å². The maximum Gasteiger partial charge on any atom is 0.240 e. The Hall–Kier alpha value is -2.14. The molecule has 1 amide bonds. The van der Waals surface area contributed by atoms with E-state index >= 15 is 0 Å². The van der Waals surface area contributed by atoms with Gasteiger partial charge in [-0.05, 0) is 43.5 Å². The highest BCUT2D eigenvalue weighted by molar-refractivity contribution is 5.89. The molecule has 20 heavy (non-hydrogen) atoms. The van der Waals surface area contributed by atoms with Gasteiger partial charge in [0, 0.05) is 12.4 Å². The topological polar surface area (TPSA) is 72.9 Å². The maximum absolute atomic E-state index is 12.0. The number of nitrogens with two attached hydrogens (primary N) is 1. The first-order valence-corrected chi connectivity index (χ1v) is 6.78. The minimum absolute atomic E-state index is 0.0607. The van der Waals surface area contributed by atoms with Crippen molar-refractivity contribution in [2.75, 3.05) is 0 Å². The van der Waals surface area contributed by atoms with Gasteiger partial charge in [0.1, 0.15) is 0 Å². The molecule has 0 spiro atoms. The third-order valence-electron chi connectivity index (χ3n) is 3.73. The largest absolute Gasteiger partial charge is 0.348 e. The first-order chi connectivity index (χ1) is 9.58. The van der Waals surface area contributed by atoms with Gasteiger partial charge in [0.25, 0.3) is 0 Å². The summed E-state index contributed by atoms with van der Waals surface area (Å²) in [4.78, 5) is 12.0. The Morgan fingerprint density at radius 1 is 1.45 bits per heavy atom. The lowest BCUT2D eigenvalue weighted by Gasteiger charge is -2.18. The molecule has 2 aromatic rings. The van der Waals surface area contributed by atoms with Gasteiger partial charge in [-0.3, -0.25) is 4.79 Å². The quantitative estimate of drug-likeness (QED) is 0.885. The molecule has 1 aliphatic rings. The van der Waals surface area contributed by atoms with Crippen LogP contribution in [0.3, 0.4) is 0 Å². The first kappa shape index (κ1) is 12.9. The summed E-state index contributed by atoms with van der Waals surface area (Å²) in [5, 5.41) is 7.18. The SMILES string of the molecule is CC(NC(=O)C1(N)CC1)c1cccc(-n2cccn2)c1. The number of nitrogens with one attached hydrogen (secondary N) is 1. The Morgan fingerprint density at radius 3 is 2.90 bits per heavy atom. The second kappa shape index (κ2) is 4.76. The number of amides is 1. The van der Waals surface area contributed by atoms with Gasteiger partial charge in [0.05, 0.1) is 17.3 Å². The molecule has 0 radical (unpaired) electrons. The lowest BCUT2D eigenvalue weighted by Crippen LogP contribution is -2.43. The van der Waals surface area contributed by atoms with E-state index in [0.717, 1.165) is 24.1 Å². The van der Waals surface area contributed by atoms with E-state index in [1.165, 1.54) is 0 Å². The summed E-state index contributed by atoms with van der Waals surface area (Å²) in [6.45, 7) is 1.96. The Morgan fingerprint density at radius 2 is 2.25 bits per heavy atom. The van der Waals surface area contributed by atoms with Crippen molar-refractivity contribution in [3.63, 3.8) is 0 Å². The fourth-order valence-electron chi connectivity index (χ4n) is 2.14. The van der Waals surface area contributed by atoms with Gasteiger partial charge in [-0.1, -0.05) is 12.1 Å². The van der Waals surface area contributed by atoms with E-state index in [0.29, 0.717) is 0 Å². The molecule has 1 aromatic carbocycles. The van der Waals surface area contributed by atoms with Crippen LogP contribution in [0.5, 0.6) is 0 Å². The molecular weight excluding hydrogens is 252 g/mol. The Balaban J connectivity index is 1.76. The summed E-state index contributed by atoms with van der Waals surface area (Å²) in [7, 11) is 0. The summed E-state index contributed by atoms with van der Waals surface area (Å²) in [5.74, 6) is -0.0607. The van der Waals surface area contributed by atoms with E-state index in [2.05, 4.69) is 10.4 Å². The lowest BCUT2D eigenvalue weighted by molar-refractivity contribution is -0.123. The van der Waals surface area contributed by atoms with E-state index in [9.17, 15) is 4.79 Å². The van der Waals surface area contributed by atoms with Crippen LogP contribution in [0.15, 0.2) is 42.7 Å². The average molecular weight is 270 g/mol. The van der Waals surface area contributed by atoms with Gasteiger partial charge in [0.15, 0.2) is 0 Å². The van der Waals surface area contributed by atoms with E-state index < -0.39 is 5.54 Å². The van der Waals surface area contributed by atoms with E-state index in [-0.39, 0.29) is 11.9 Å². The molecule has 1 aliphatic carbocycles. The van der Waals surface area contributed by atoms with Crippen molar-refractivity contribution in [2.24, 2.45) is 5.73 Å². The number of nitrogens with zero attached hydrogens (tertiary/aromatic N) is 2. The lowest BCUT2D eigenvalue weighted by atomic mass is 10.1. The number of hydrogen-bond donors (Lipinski definition) is 2. The molecule has 5 heteroatoms. The molecule has 104 valence electrons. The van der Waals surface area contributed by atoms with Crippen LogP contribution in [0, 0.1) is 0 Å². The molecule has 3 N–H and O–H groups in total. The van der Waals surface area contributed by atoms with Crippen LogP contribution in [-0.2, 0) is 4.79 Å². The summed E-state index contributed by atoms with van der Waals surface area (Å²) in [6.07, 6.45) is 5.18. The van der Waals surface area contributed by atoms with E-state index in [4.69, 9.17) is 5.73 Å². The van der Waals surface area contributed by atoms with Crippen molar-refractivity contribution in [1.82, 2.24) is 15.1 Å². The maximum atomic E-state index is 12.0. The van der Waals surface area contributed by atoms with Crippen LogP contribution in [0.25, 0.3) is 5.69 Å². The normalized spacial score (nSPS) is 17.5. The molecule has 1 saturated carbocycles. The van der Waals surface area contributed by atoms with Gasteiger partial charge < -0.3 is 11.1 Å². The molecule has 1 fully saturated rings. The summed E-state index contributed by atoms with van der Waals surface area (Å²) in [5.41, 5.74) is 7.28. The van der Waals surface area contributed by atoms with Crippen LogP contribution in [0.4, 0.5) is 0 Å². The fourth-order valence-corrected chi connectivity index (χ4v) is 2.14. The van der Waals surface area contributed by atoms with Crippen molar-refractivity contribution in [2.45, 2.75) is 31.3 Å². The Kier molecular flexibility index (Phi) is 3.06. The molecule has 1 unspecified atom stereocenters. The zero-order valence-electron chi connectivity index (χ0n) is 11.4. The minimum atomic E-state index is -0.631. The molecule has 3 rings (SSSR count). The van der Waals surface area contributed by atoms with Crippen LogP contribution < -0.4 is 11.1 Å². The number of carbonyl (C=O) groups excluding carboxylic acids is 1. The molecule has 5 nitrogen and oxygen atoms in total. The summed E-state index contributed by atoms with van der Waals surface area (Å²) >= 11 is 0. The zero-order chi connectivity index (χ0) is 14.2. The highest BCUT2D eigenvalue weighted by Gasteiger charge is 2.46. The second-order valence-corrected chi connectivity index (χ2v) is 5.40. The highest BCUT2D eigenvalue weighted by Crippen LogP contribution is 2.33. The Labute approximate surface area is 117 Å². The van der Waals surface area contributed by atoms with Crippen LogP contribution in [0.1, 0.15) is 31.4 Å². The van der Waals surface area contributed by atoms with Gasteiger partial charge >= 0.3 is 0 Å². The second-order valence-electron chi connectivity index (χ2n) is 5.40. The predicted molar refractivity (Wildman–Crippen MR) is 76.3 cm³/mol. The van der Waals surface area contributed by atoms with Crippen molar-refractivity contribution in [3.8, 4) is 5.69 Å². The molecule has 0 bridgehead atoms. The van der Waals surface area contributed by atoms with Crippen LogP contribution in [0.2, 0.25) is 0 Å².